The topological polar surface area (TPSA) is 26.3 Å². The van der Waals surface area contributed by atoms with Gasteiger partial charge < -0.3 is 4.74 Å². The Balaban J connectivity index is 1.90. The Bertz CT molecular complexity index is 239. The molecule has 2 aliphatic rings. The fourth-order valence-electron chi connectivity index (χ4n) is 1.95. The first-order chi connectivity index (χ1) is 7.18. The molecule has 0 aromatic rings. The number of carbonyl (C=O) groups excluding carboxylic acids is 1. The van der Waals surface area contributed by atoms with Crippen molar-refractivity contribution in [3.05, 3.63) is 0 Å². The molecule has 2 nitrogen and oxygen atoms in total. The van der Waals surface area contributed by atoms with Crippen molar-refractivity contribution in [3.63, 3.8) is 0 Å². The minimum atomic E-state index is 0.184. The minimum absolute atomic E-state index is 0.184. The van der Waals surface area contributed by atoms with E-state index in [1.54, 1.807) is 0 Å². The van der Waals surface area contributed by atoms with Gasteiger partial charge in [0.05, 0.1) is 11.9 Å². The summed E-state index contributed by atoms with van der Waals surface area (Å²) in [5.41, 5.74) is 0. The summed E-state index contributed by atoms with van der Waals surface area (Å²) >= 11 is 3.80. The van der Waals surface area contributed by atoms with Crippen LogP contribution in [-0.2, 0) is 9.53 Å². The van der Waals surface area contributed by atoms with E-state index in [0.29, 0.717) is 22.9 Å². The van der Waals surface area contributed by atoms with E-state index >= 15 is 0 Å². The highest BCUT2D eigenvalue weighted by molar-refractivity contribution is 8.08. The van der Waals surface area contributed by atoms with Gasteiger partial charge in [-0.2, -0.15) is 11.8 Å². The second kappa shape index (κ2) is 5.11. The van der Waals surface area contributed by atoms with E-state index in [2.05, 4.69) is 13.8 Å². The molecule has 0 amide bonds. The molecule has 0 radical (unpaired) electrons. The zero-order valence-corrected chi connectivity index (χ0v) is 10.9. The normalized spacial score (nSPS) is 41.7. The molecule has 4 unspecified atom stereocenters. The molecule has 4 atom stereocenters. The fraction of sp³-hybridized carbons (Fsp3) is 0.909. The number of hydrogen-bond acceptors (Lipinski definition) is 4. The molecule has 0 saturated carbocycles. The Morgan fingerprint density at radius 1 is 1.33 bits per heavy atom. The third kappa shape index (κ3) is 2.71. The lowest BCUT2D eigenvalue weighted by molar-refractivity contribution is -0.121. The average molecular weight is 246 g/mol. The van der Waals surface area contributed by atoms with Crippen molar-refractivity contribution in [2.45, 2.75) is 36.0 Å². The monoisotopic (exact) mass is 246 g/mol. The van der Waals surface area contributed by atoms with Gasteiger partial charge in [-0.15, -0.1) is 11.8 Å². The van der Waals surface area contributed by atoms with Gasteiger partial charge in [0.15, 0.2) is 5.78 Å². The molecule has 0 aromatic heterocycles. The van der Waals surface area contributed by atoms with Gasteiger partial charge in [-0.05, 0) is 6.42 Å². The number of hydrogen-bond donors (Lipinski definition) is 0. The van der Waals surface area contributed by atoms with Crippen LogP contribution in [0.15, 0.2) is 0 Å². The molecule has 4 heteroatoms. The maximum Gasteiger partial charge on any atom is 0.152 e. The Labute approximate surface area is 99.9 Å². The van der Waals surface area contributed by atoms with Gasteiger partial charge in [0.2, 0.25) is 0 Å². The van der Waals surface area contributed by atoms with Crippen LogP contribution >= 0.6 is 23.5 Å². The molecule has 2 rings (SSSR count). The van der Waals surface area contributed by atoms with Crippen molar-refractivity contribution in [1.29, 1.82) is 0 Å². The van der Waals surface area contributed by atoms with Crippen LogP contribution < -0.4 is 0 Å². The Morgan fingerprint density at radius 3 is 2.73 bits per heavy atom. The first-order valence-electron chi connectivity index (χ1n) is 5.57. The summed E-state index contributed by atoms with van der Waals surface area (Å²) in [6, 6.07) is 0. The molecule has 2 aliphatic heterocycles. The number of ether oxygens (including phenoxy) is 1. The lowest BCUT2D eigenvalue weighted by atomic mass is 10.0. The van der Waals surface area contributed by atoms with E-state index < -0.39 is 0 Å². The summed E-state index contributed by atoms with van der Waals surface area (Å²) in [7, 11) is 0. The van der Waals surface area contributed by atoms with Crippen molar-refractivity contribution in [3.8, 4) is 0 Å². The SMILES string of the molecule is CC1SCC(C(=O)C2CCOC2)SC1C. The molecule has 0 aromatic carbocycles. The third-order valence-corrected chi connectivity index (χ3v) is 6.61. The average Bonchev–Trinajstić information content (AvgIpc) is 2.74. The zero-order chi connectivity index (χ0) is 10.8. The quantitative estimate of drug-likeness (QED) is 0.746. The van der Waals surface area contributed by atoms with Crippen molar-refractivity contribution in [1.82, 2.24) is 0 Å². The number of carbonyl (C=O) groups is 1. The molecule has 2 saturated heterocycles. The molecule has 86 valence electrons. The number of rotatable bonds is 2. The van der Waals surface area contributed by atoms with Crippen LogP contribution in [0.2, 0.25) is 0 Å². The van der Waals surface area contributed by atoms with E-state index in [1.165, 1.54) is 0 Å². The molecule has 0 spiro atoms. The molecule has 15 heavy (non-hydrogen) atoms. The number of ketones is 1. The lowest BCUT2D eigenvalue weighted by Gasteiger charge is -2.31. The van der Waals surface area contributed by atoms with Crippen molar-refractivity contribution >= 4 is 29.3 Å². The van der Waals surface area contributed by atoms with E-state index in [-0.39, 0.29) is 11.2 Å². The van der Waals surface area contributed by atoms with Gasteiger partial charge in [0.1, 0.15) is 0 Å². The van der Waals surface area contributed by atoms with Crippen LogP contribution in [0, 0.1) is 5.92 Å². The molecular formula is C11H18O2S2. The summed E-state index contributed by atoms with van der Waals surface area (Å²) in [6.07, 6.45) is 0.935. The van der Waals surface area contributed by atoms with E-state index in [4.69, 9.17) is 4.74 Å². The molecular weight excluding hydrogens is 228 g/mol. The molecule has 0 N–H and O–H groups in total. The maximum absolute atomic E-state index is 12.1. The van der Waals surface area contributed by atoms with Crippen LogP contribution in [0.25, 0.3) is 0 Å². The highest BCUT2D eigenvalue weighted by Gasteiger charge is 2.35. The summed E-state index contributed by atoms with van der Waals surface area (Å²) < 4.78 is 5.28. The van der Waals surface area contributed by atoms with Crippen LogP contribution in [-0.4, -0.2) is 40.5 Å². The maximum atomic E-state index is 12.1. The molecule has 2 heterocycles. The van der Waals surface area contributed by atoms with Gasteiger partial charge in [-0.3, -0.25) is 4.79 Å². The van der Waals surface area contributed by atoms with E-state index in [9.17, 15) is 4.79 Å². The Hall–Kier alpha value is 0.330. The van der Waals surface area contributed by atoms with Crippen LogP contribution in [0.4, 0.5) is 0 Å². The van der Waals surface area contributed by atoms with Crippen molar-refractivity contribution in [2.75, 3.05) is 19.0 Å². The summed E-state index contributed by atoms with van der Waals surface area (Å²) in [5, 5.41) is 1.49. The summed E-state index contributed by atoms with van der Waals surface area (Å²) in [5.74, 6) is 1.61. The largest absolute Gasteiger partial charge is 0.381 e. The third-order valence-electron chi connectivity index (χ3n) is 3.20. The highest BCUT2D eigenvalue weighted by Crippen LogP contribution is 2.37. The van der Waals surface area contributed by atoms with Gasteiger partial charge in [-0.1, -0.05) is 13.8 Å². The second-order valence-electron chi connectivity index (χ2n) is 4.33. The molecule has 0 aliphatic carbocycles. The lowest BCUT2D eigenvalue weighted by Crippen LogP contribution is -2.35. The minimum Gasteiger partial charge on any atom is -0.381 e. The highest BCUT2D eigenvalue weighted by atomic mass is 32.2. The Morgan fingerprint density at radius 2 is 2.13 bits per heavy atom. The van der Waals surface area contributed by atoms with Crippen molar-refractivity contribution < 1.29 is 9.53 Å². The first kappa shape index (κ1) is 11.8. The number of Topliss-reactive ketones (excluding diaryl/α,β-unsaturated/α-hetero) is 1. The first-order valence-corrected chi connectivity index (χ1v) is 7.56. The van der Waals surface area contributed by atoms with Gasteiger partial charge in [0.25, 0.3) is 0 Å². The second-order valence-corrected chi connectivity index (χ2v) is 7.33. The van der Waals surface area contributed by atoms with Crippen LogP contribution in [0.5, 0.6) is 0 Å². The smallest absolute Gasteiger partial charge is 0.152 e. The van der Waals surface area contributed by atoms with Gasteiger partial charge in [0, 0.05) is 28.8 Å². The van der Waals surface area contributed by atoms with Gasteiger partial charge >= 0.3 is 0 Å². The fourth-order valence-corrected chi connectivity index (χ4v) is 4.91. The summed E-state index contributed by atoms with van der Waals surface area (Å²) in [6.45, 7) is 5.91. The van der Waals surface area contributed by atoms with Crippen molar-refractivity contribution in [2.24, 2.45) is 5.92 Å². The predicted molar refractivity (Wildman–Crippen MR) is 66.7 cm³/mol. The molecule has 2 fully saturated rings. The zero-order valence-electron chi connectivity index (χ0n) is 9.27. The standard InChI is InChI=1S/C11H18O2S2/c1-7-8(2)15-10(6-14-7)11(12)9-3-4-13-5-9/h7-10H,3-6H2,1-2H3. The predicted octanol–water partition coefficient (Wildman–Crippen LogP) is 2.22. The van der Waals surface area contributed by atoms with Crippen LogP contribution in [0.1, 0.15) is 20.3 Å². The number of thioether (sulfide) groups is 2. The van der Waals surface area contributed by atoms with Crippen LogP contribution in [0.3, 0.4) is 0 Å². The van der Waals surface area contributed by atoms with E-state index in [0.717, 1.165) is 18.8 Å². The van der Waals surface area contributed by atoms with Gasteiger partial charge in [-0.25, -0.2) is 0 Å². The van der Waals surface area contributed by atoms with E-state index in [1.807, 2.05) is 23.5 Å². The molecule has 0 bridgehead atoms. The summed E-state index contributed by atoms with van der Waals surface area (Å²) in [4.78, 5) is 12.1. The Kier molecular flexibility index (Phi) is 4.02.